The summed E-state index contributed by atoms with van der Waals surface area (Å²) in [5.74, 6) is -0.0984. The largest absolute Gasteiger partial charge is 0.435 e. The topological polar surface area (TPSA) is 88.4 Å². The van der Waals surface area contributed by atoms with E-state index in [0.29, 0.717) is 0 Å². The van der Waals surface area contributed by atoms with Gasteiger partial charge in [0.2, 0.25) is 10.0 Å². The maximum Gasteiger partial charge on any atom is 0.435 e. The Balaban J connectivity index is 2.22. The minimum absolute atomic E-state index is 0.00236. The van der Waals surface area contributed by atoms with Crippen molar-refractivity contribution < 1.29 is 21.6 Å². The van der Waals surface area contributed by atoms with Gasteiger partial charge in [0.1, 0.15) is 5.52 Å². The number of fused-ring (bicyclic) bond motifs is 1. The Kier molecular flexibility index (Phi) is 4.05. The Morgan fingerprint density at radius 2 is 2.10 bits per heavy atom. The number of halogens is 3. The van der Waals surface area contributed by atoms with Gasteiger partial charge in [-0.1, -0.05) is 0 Å². The van der Waals surface area contributed by atoms with Gasteiger partial charge in [-0.25, -0.2) is 22.6 Å². The first kappa shape index (κ1) is 15.5. The van der Waals surface area contributed by atoms with Crippen LogP contribution in [0.1, 0.15) is 5.69 Å². The zero-order chi connectivity index (χ0) is 15.7. The van der Waals surface area contributed by atoms with E-state index in [4.69, 9.17) is 0 Å². The maximum absolute atomic E-state index is 12.6. The van der Waals surface area contributed by atoms with Crippen molar-refractivity contribution in [3.05, 3.63) is 24.2 Å². The number of anilines is 1. The molecule has 0 bridgehead atoms. The highest BCUT2D eigenvalue weighted by Crippen LogP contribution is 2.29. The first-order valence-corrected chi connectivity index (χ1v) is 7.45. The van der Waals surface area contributed by atoms with E-state index in [0.717, 1.165) is 10.6 Å². The van der Waals surface area contributed by atoms with Crippen molar-refractivity contribution in [3.8, 4) is 0 Å². The number of alkyl halides is 3. The molecule has 0 spiro atoms. The molecule has 0 aromatic carbocycles. The third-order valence-electron chi connectivity index (χ3n) is 2.65. The van der Waals surface area contributed by atoms with Gasteiger partial charge in [0.05, 0.1) is 5.75 Å². The van der Waals surface area contributed by atoms with Crippen LogP contribution in [0, 0.1) is 0 Å². The number of hydrogen-bond acceptors (Lipinski definition) is 5. The average molecular weight is 323 g/mol. The highest BCUT2D eigenvalue weighted by atomic mass is 32.2. The molecule has 0 fully saturated rings. The van der Waals surface area contributed by atoms with E-state index in [1.165, 1.54) is 19.4 Å². The quantitative estimate of drug-likeness (QED) is 0.846. The van der Waals surface area contributed by atoms with Gasteiger partial charge >= 0.3 is 6.18 Å². The fourth-order valence-corrected chi connectivity index (χ4v) is 2.18. The minimum Gasteiger partial charge on any atom is -0.367 e. The molecule has 11 heteroatoms. The average Bonchev–Trinajstić information content (AvgIpc) is 2.83. The standard InChI is InChI=1S/C10H12F3N5O2S/c1-14-21(19,20)5-3-16-9-7-6-8(10(11,12)13)17-18(7)4-2-15-9/h2,4,6,14H,3,5H2,1H3,(H,15,16). The van der Waals surface area contributed by atoms with Crippen molar-refractivity contribution in [3.63, 3.8) is 0 Å². The fraction of sp³-hybridized carbons (Fsp3) is 0.400. The van der Waals surface area contributed by atoms with Crippen molar-refractivity contribution >= 4 is 21.4 Å². The molecule has 7 nitrogen and oxygen atoms in total. The van der Waals surface area contributed by atoms with Crippen LogP contribution in [-0.4, -0.2) is 42.4 Å². The second-order valence-corrected chi connectivity index (χ2v) is 6.13. The second-order valence-electron chi connectivity index (χ2n) is 4.08. The van der Waals surface area contributed by atoms with Gasteiger partial charge in [-0.15, -0.1) is 0 Å². The van der Waals surface area contributed by atoms with E-state index < -0.39 is 21.9 Å². The Labute approximate surface area is 118 Å². The predicted molar refractivity (Wildman–Crippen MR) is 69.3 cm³/mol. The molecule has 2 aromatic rings. The van der Waals surface area contributed by atoms with Crippen LogP contribution in [0.5, 0.6) is 0 Å². The van der Waals surface area contributed by atoms with E-state index in [-0.39, 0.29) is 23.6 Å². The van der Waals surface area contributed by atoms with Crippen molar-refractivity contribution in [1.29, 1.82) is 0 Å². The zero-order valence-corrected chi connectivity index (χ0v) is 11.7. The van der Waals surface area contributed by atoms with Gasteiger partial charge in [0.25, 0.3) is 0 Å². The molecule has 2 N–H and O–H groups in total. The summed E-state index contributed by atoms with van der Waals surface area (Å²) in [6, 6.07) is 0.849. The molecule has 116 valence electrons. The van der Waals surface area contributed by atoms with Crippen LogP contribution in [0.25, 0.3) is 5.52 Å². The molecule has 0 aliphatic rings. The van der Waals surface area contributed by atoms with Gasteiger partial charge in [0.15, 0.2) is 11.5 Å². The smallest absolute Gasteiger partial charge is 0.367 e. The zero-order valence-electron chi connectivity index (χ0n) is 10.8. The maximum atomic E-state index is 12.6. The SMILES string of the molecule is CNS(=O)(=O)CCNc1nccn2nc(C(F)(F)F)cc12. The third kappa shape index (κ3) is 3.61. The summed E-state index contributed by atoms with van der Waals surface area (Å²) in [6.45, 7) is 0.00236. The number of aromatic nitrogens is 3. The lowest BCUT2D eigenvalue weighted by atomic mass is 10.3. The summed E-state index contributed by atoms with van der Waals surface area (Å²) in [5, 5.41) is 6.08. The summed E-state index contributed by atoms with van der Waals surface area (Å²) < 4.78 is 63.5. The normalized spacial score (nSPS) is 12.8. The number of sulfonamides is 1. The monoisotopic (exact) mass is 323 g/mol. The molecule has 2 aromatic heterocycles. The summed E-state index contributed by atoms with van der Waals surface area (Å²) >= 11 is 0. The van der Waals surface area contributed by atoms with Gasteiger partial charge in [-0.3, -0.25) is 0 Å². The van der Waals surface area contributed by atoms with Crippen molar-refractivity contribution in [1.82, 2.24) is 19.3 Å². The molecule has 21 heavy (non-hydrogen) atoms. The molecule has 2 heterocycles. The van der Waals surface area contributed by atoms with Crippen LogP contribution in [0.4, 0.5) is 19.0 Å². The lowest BCUT2D eigenvalue weighted by molar-refractivity contribution is -0.141. The Bertz CT molecular complexity index is 741. The van der Waals surface area contributed by atoms with Gasteiger partial charge in [-0.2, -0.15) is 18.3 Å². The molecule has 0 aliphatic carbocycles. The molecule has 0 unspecified atom stereocenters. The van der Waals surface area contributed by atoms with Crippen LogP contribution in [0.3, 0.4) is 0 Å². The summed E-state index contributed by atoms with van der Waals surface area (Å²) in [7, 11) is -2.13. The van der Waals surface area contributed by atoms with E-state index in [1.54, 1.807) is 0 Å². The van der Waals surface area contributed by atoms with Crippen molar-refractivity contribution in [2.45, 2.75) is 6.18 Å². The van der Waals surface area contributed by atoms with E-state index in [2.05, 4.69) is 20.1 Å². The first-order valence-electron chi connectivity index (χ1n) is 5.79. The molecule has 0 aliphatic heterocycles. The summed E-state index contributed by atoms with van der Waals surface area (Å²) in [4.78, 5) is 3.89. The van der Waals surface area contributed by atoms with E-state index >= 15 is 0 Å². The molecule has 0 radical (unpaired) electrons. The number of hydrogen-bond donors (Lipinski definition) is 2. The van der Waals surface area contributed by atoms with Gasteiger partial charge in [-0.05, 0) is 7.05 Å². The van der Waals surface area contributed by atoms with Crippen LogP contribution in [0.15, 0.2) is 18.5 Å². The van der Waals surface area contributed by atoms with Gasteiger partial charge < -0.3 is 5.32 Å². The number of nitrogens with zero attached hydrogens (tertiary/aromatic N) is 3. The second kappa shape index (κ2) is 5.48. The molecule has 2 rings (SSSR count). The lowest BCUT2D eigenvalue weighted by Crippen LogP contribution is -2.26. The molecule has 0 amide bonds. The number of nitrogens with one attached hydrogen (secondary N) is 2. The van der Waals surface area contributed by atoms with E-state index in [1.807, 2.05) is 0 Å². The first-order chi connectivity index (χ1) is 9.73. The Morgan fingerprint density at radius 3 is 2.71 bits per heavy atom. The van der Waals surface area contributed by atoms with Crippen LogP contribution in [0.2, 0.25) is 0 Å². The van der Waals surface area contributed by atoms with Crippen LogP contribution in [-0.2, 0) is 16.2 Å². The summed E-state index contributed by atoms with van der Waals surface area (Å²) in [5.41, 5.74) is -0.923. The van der Waals surface area contributed by atoms with Crippen LogP contribution < -0.4 is 10.0 Å². The Morgan fingerprint density at radius 1 is 1.38 bits per heavy atom. The van der Waals surface area contributed by atoms with E-state index in [9.17, 15) is 21.6 Å². The number of rotatable bonds is 5. The molecule has 0 atom stereocenters. The molecular formula is C10H12F3N5O2S. The highest BCUT2D eigenvalue weighted by Gasteiger charge is 2.34. The molecular weight excluding hydrogens is 311 g/mol. The van der Waals surface area contributed by atoms with Crippen LogP contribution >= 0.6 is 0 Å². The Hall–Kier alpha value is -1.88. The molecule has 0 saturated heterocycles. The predicted octanol–water partition coefficient (Wildman–Crippen LogP) is 0.709. The summed E-state index contributed by atoms with van der Waals surface area (Å²) in [6.07, 6.45) is -2.01. The highest BCUT2D eigenvalue weighted by molar-refractivity contribution is 7.89. The molecule has 0 saturated carbocycles. The van der Waals surface area contributed by atoms with Gasteiger partial charge in [0, 0.05) is 25.0 Å². The third-order valence-corrected chi connectivity index (χ3v) is 4.02. The van der Waals surface area contributed by atoms with Crippen molar-refractivity contribution in [2.24, 2.45) is 0 Å². The minimum atomic E-state index is -4.56. The van der Waals surface area contributed by atoms with Crippen molar-refractivity contribution in [2.75, 3.05) is 24.7 Å². The fourth-order valence-electron chi connectivity index (χ4n) is 1.60. The lowest BCUT2D eigenvalue weighted by Gasteiger charge is -2.06.